The van der Waals surface area contributed by atoms with Crippen molar-refractivity contribution in [2.75, 3.05) is 0 Å². The van der Waals surface area contributed by atoms with Crippen molar-refractivity contribution in [3.63, 3.8) is 0 Å². The molecule has 104 valence electrons. The lowest BCUT2D eigenvalue weighted by Gasteiger charge is -2.06. The fourth-order valence-corrected chi connectivity index (χ4v) is 2.70. The van der Waals surface area contributed by atoms with Gasteiger partial charge in [0.25, 0.3) is 0 Å². The molecule has 0 fully saturated rings. The van der Waals surface area contributed by atoms with Crippen molar-refractivity contribution in [1.29, 1.82) is 0 Å². The summed E-state index contributed by atoms with van der Waals surface area (Å²) in [5.41, 5.74) is 4.25. The highest BCUT2D eigenvalue weighted by Crippen LogP contribution is 2.31. The SMILES string of the molecule is CC(C)c1[nH]c2cc3cn[nH]c3cc2c1CCC(=O)O. The van der Waals surface area contributed by atoms with Gasteiger partial charge < -0.3 is 10.1 Å². The minimum atomic E-state index is -0.767. The van der Waals surface area contributed by atoms with Crippen LogP contribution in [0.5, 0.6) is 0 Å². The van der Waals surface area contributed by atoms with Crippen molar-refractivity contribution in [2.24, 2.45) is 0 Å². The van der Waals surface area contributed by atoms with E-state index >= 15 is 0 Å². The molecule has 0 bridgehead atoms. The molecule has 1 aromatic carbocycles. The van der Waals surface area contributed by atoms with Gasteiger partial charge in [-0.3, -0.25) is 9.89 Å². The normalized spacial score (nSPS) is 11.8. The highest BCUT2D eigenvalue weighted by atomic mass is 16.4. The molecular formula is C15H17N3O2. The van der Waals surface area contributed by atoms with Gasteiger partial charge in [0.05, 0.1) is 11.7 Å². The molecule has 2 heterocycles. The lowest BCUT2D eigenvalue weighted by Crippen LogP contribution is -2.00. The van der Waals surface area contributed by atoms with Gasteiger partial charge in [0.2, 0.25) is 0 Å². The maximum Gasteiger partial charge on any atom is 0.303 e. The number of carboxylic acids is 1. The average molecular weight is 271 g/mol. The third-order valence-electron chi connectivity index (χ3n) is 3.66. The molecule has 3 N–H and O–H groups in total. The van der Waals surface area contributed by atoms with E-state index in [0.29, 0.717) is 12.3 Å². The van der Waals surface area contributed by atoms with E-state index in [1.165, 1.54) is 0 Å². The Morgan fingerprint density at radius 1 is 1.35 bits per heavy atom. The summed E-state index contributed by atoms with van der Waals surface area (Å²) in [5.74, 6) is -0.431. The molecule has 5 nitrogen and oxygen atoms in total. The maximum atomic E-state index is 10.9. The third-order valence-corrected chi connectivity index (χ3v) is 3.66. The second-order valence-corrected chi connectivity index (χ2v) is 5.42. The van der Waals surface area contributed by atoms with Crippen LogP contribution in [-0.2, 0) is 11.2 Å². The highest BCUT2D eigenvalue weighted by Gasteiger charge is 2.16. The first-order valence-electron chi connectivity index (χ1n) is 6.75. The third kappa shape index (κ3) is 2.05. The second kappa shape index (κ2) is 4.67. The Morgan fingerprint density at radius 2 is 2.15 bits per heavy atom. The van der Waals surface area contributed by atoms with Crippen LogP contribution in [0.15, 0.2) is 18.3 Å². The first-order valence-corrected chi connectivity index (χ1v) is 6.75. The molecule has 0 radical (unpaired) electrons. The number of fused-ring (bicyclic) bond motifs is 2. The van der Waals surface area contributed by atoms with E-state index < -0.39 is 5.97 Å². The number of aromatic amines is 2. The first-order chi connectivity index (χ1) is 9.56. The number of nitrogens with one attached hydrogen (secondary N) is 2. The number of aliphatic carboxylic acids is 1. The molecule has 0 unspecified atom stereocenters. The largest absolute Gasteiger partial charge is 0.481 e. The molecule has 20 heavy (non-hydrogen) atoms. The number of H-pyrrole nitrogens is 2. The number of aryl methyl sites for hydroxylation is 1. The van der Waals surface area contributed by atoms with Crippen LogP contribution in [0.4, 0.5) is 0 Å². The zero-order valence-electron chi connectivity index (χ0n) is 11.5. The van der Waals surface area contributed by atoms with Crippen LogP contribution in [0.1, 0.15) is 37.4 Å². The molecule has 5 heteroatoms. The Hall–Kier alpha value is -2.30. The fraction of sp³-hybridized carbons (Fsp3) is 0.333. The van der Waals surface area contributed by atoms with Crippen LogP contribution in [-0.4, -0.2) is 26.3 Å². The number of carboxylic acid groups (broad SMARTS) is 1. The molecule has 3 aromatic rings. The number of hydrogen-bond acceptors (Lipinski definition) is 2. The van der Waals surface area contributed by atoms with Gasteiger partial charge in [0.15, 0.2) is 0 Å². The van der Waals surface area contributed by atoms with E-state index in [1.807, 2.05) is 0 Å². The topological polar surface area (TPSA) is 81.8 Å². The van der Waals surface area contributed by atoms with E-state index in [4.69, 9.17) is 5.11 Å². The number of carbonyl (C=O) groups is 1. The van der Waals surface area contributed by atoms with Gasteiger partial charge in [0.1, 0.15) is 0 Å². The Balaban J connectivity index is 2.20. The summed E-state index contributed by atoms with van der Waals surface area (Å²) >= 11 is 0. The van der Waals surface area contributed by atoms with Crippen LogP contribution in [0.3, 0.4) is 0 Å². The monoisotopic (exact) mass is 271 g/mol. The quantitative estimate of drug-likeness (QED) is 0.681. The van der Waals surface area contributed by atoms with Gasteiger partial charge in [-0.05, 0) is 30.0 Å². The maximum absolute atomic E-state index is 10.9. The summed E-state index contributed by atoms with van der Waals surface area (Å²) in [7, 11) is 0. The summed E-state index contributed by atoms with van der Waals surface area (Å²) in [6.45, 7) is 4.23. The number of nitrogens with zero attached hydrogens (tertiary/aromatic N) is 1. The molecular weight excluding hydrogens is 254 g/mol. The number of rotatable bonds is 4. The van der Waals surface area contributed by atoms with E-state index in [9.17, 15) is 4.79 Å². The van der Waals surface area contributed by atoms with E-state index in [1.54, 1.807) is 6.20 Å². The van der Waals surface area contributed by atoms with Gasteiger partial charge in [0, 0.05) is 28.4 Å². The average Bonchev–Trinajstić information content (AvgIpc) is 2.96. The minimum absolute atomic E-state index is 0.147. The van der Waals surface area contributed by atoms with Gasteiger partial charge in [-0.1, -0.05) is 13.8 Å². The molecule has 0 aliphatic rings. The van der Waals surface area contributed by atoms with Gasteiger partial charge in [-0.15, -0.1) is 0 Å². The number of aromatic nitrogens is 3. The summed E-state index contributed by atoms with van der Waals surface area (Å²) in [4.78, 5) is 14.3. The second-order valence-electron chi connectivity index (χ2n) is 5.42. The van der Waals surface area contributed by atoms with Gasteiger partial charge in [-0.25, -0.2) is 0 Å². The first kappa shape index (κ1) is 12.7. The Bertz CT molecular complexity index is 783. The summed E-state index contributed by atoms with van der Waals surface area (Å²) in [5, 5.41) is 18.1. The number of hydrogen-bond donors (Lipinski definition) is 3. The standard InChI is InChI=1S/C15H17N3O2/c1-8(2)15-10(3-4-14(19)20)11-6-12-9(7-16-18-12)5-13(11)17-15/h5-8,17H,3-4H2,1-2H3,(H,16,18)(H,19,20). The molecule has 0 aliphatic heterocycles. The zero-order chi connectivity index (χ0) is 14.3. The molecule has 2 aromatic heterocycles. The van der Waals surface area contributed by atoms with Gasteiger partial charge >= 0.3 is 5.97 Å². The van der Waals surface area contributed by atoms with Crippen molar-refractivity contribution in [3.05, 3.63) is 29.6 Å². The molecule has 0 amide bonds. The predicted octanol–water partition coefficient (Wildman–Crippen LogP) is 3.18. The summed E-state index contributed by atoms with van der Waals surface area (Å²) < 4.78 is 0. The Kier molecular flexibility index (Phi) is 2.97. The Labute approximate surface area is 116 Å². The molecule has 0 saturated heterocycles. The van der Waals surface area contributed by atoms with E-state index in [2.05, 4.69) is 41.2 Å². The molecule has 0 atom stereocenters. The van der Waals surface area contributed by atoms with Crippen LogP contribution in [0.25, 0.3) is 21.8 Å². The van der Waals surface area contributed by atoms with Gasteiger partial charge in [-0.2, -0.15) is 5.10 Å². The fourth-order valence-electron chi connectivity index (χ4n) is 2.70. The smallest absolute Gasteiger partial charge is 0.303 e. The molecule has 0 saturated carbocycles. The van der Waals surface area contributed by atoms with Crippen molar-refractivity contribution >= 4 is 27.8 Å². The van der Waals surface area contributed by atoms with Crippen LogP contribution in [0.2, 0.25) is 0 Å². The van der Waals surface area contributed by atoms with Crippen molar-refractivity contribution in [3.8, 4) is 0 Å². The summed E-state index contributed by atoms with van der Waals surface area (Å²) in [6.07, 6.45) is 2.48. The van der Waals surface area contributed by atoms with Crippen LogP contribution < -0.4 is 0 Å². The van der Waals surface area contributed by atoms with Crippen molar-refractivity contribution in [1.82, 2.24) is 15.2 Å². The molecule has 0 spiro atoms. The van der Waals surface area contributed by atoms with Crippen molar-refractivity contribution < 1.29 is 9.90 Å². The molecule has 3 rings (SSSR count). The number of benzene rings is 1. The molecule has 0 aliphatic carbocycles. The highest BCUT2D eigenvalue weighted by molar-refractivity contribution is 5.97. The van der Waals surface area contributed by atoms with E-state index in [-0.39, 0.29) is 6.42 Å². The zero-order valence-corrected chi connectivity index (χ0v) is 11.5. The predicted molar refractivity (Wildman–Crippen MR) is 78.0 cm³/mol. The lowest BCUT2D eigenvalue weighted by molar-refractivity contribution is -0.136. The van der Waals surface area contributed by atoms with E-state index in [0.717, 1.165) is 33.1 Å². The van der Waals surface area contributed by atoms with Crippen LogP contribution >= 0.6 is 0 Å². The minimum Gasteiger partial charge on any atom is -0.481 e. The van der Waals surface area contributed by atoms with Crippen LogP contribution in [0, 0.1) is 0 Å². The lowest BCUT2D eigenvalue weighted by atomic mass is 9.99. The Morgan fingerprint density at radius 3 is 2.85 bits per heavy atom. The van der Waals surface area contributed by atoms with Crippen molar-refractivity contribution in [2.45, 2.75) is 32.6 Å². The summed E-state index contributed by atoms with van der Waals surface area (Å²) in [6, 6.07) is 4.11.